The number of aromatic nitrogens is 2. The van der Waals surface area contributed by atoms with Crippen molar-refractivity contribution >= 4 is 0 Å². The Labute approximate surface area is 85.3 Å². The van der Waals surface area contributed by atoms with Crippen LogP contribution in [0.4, 0.5) is 0 Å². The quantitative estimate of drug-likeness (QED) is 0.792. The zero-order valence-corrected chi connectivity index (χ0v) is 9.08. The molecule has 3 heteroatoms. The van der Waals surface area contributed by atoms with Gasteiger partial charge in [-0.2, -0.15) is 5.10 Å². The number of nitrogens with zero attached hydrogens (tertiary/aromatic N) is 2. The molecule has 1 saturated carbocycles. The molecule has 1 aliphatic carbocycles. The van der Waals surface area contributed by atoms with Gasteiger partial charge in [0.25, 0.3) is 0 Å². The second-order valence-corrected chi connectivity index (χ2v) is 4.23. The van der Waals surface area contributed by atoms with E-state index in [2.05, 4.69) is 23.6 Å². The second kappa shape index (κ2) is 3.39. The Kier molecular flexibility index (Phi) is 2.35. The summed E-state index contributed by atoms with van der Waals surface area (Å²) in [6.45, 7) is 5.28. The normalized spacial score (nSPS) is 18.5. The maximum absolute atomic E-state index is 6.21. The Bertz CT molecular complexity index is 323. The van der Waals surface area contributed by atoms with Gasteiger partial charge in [0.05, 0.1) is 6.20 Å². The highest BCUT2D eigenvalue weighted by Crippen LogP contribution is 2.44. The van der Waals surface area contributed by atoms with Gasteiger partial charge < -0.3 is 5.73 Å². The summed E-state index contributed by atoms with van der Waals surface area (Å²) in [6.07, 6.45) is 6.48. The van der Waals surface area contributed by atoms with Crippen LogP contribution in [-0.4, -0.2) is 9.78 Å². The molecule has 0 aliphatic heterocycles. The molecule has 1 aromatic rings. The predicted molar refractivity (Wildman–Crippen MR) is 57.0 cm³/mol. The monoisotopic (exact) mass is 193 g/mol. The molecule has 0 spiro atoms. The van der Waals surface area contributed by atoms with Crippen LogP contribution >= 0.6 is 0 Å². The van der Waals surface area contributed by atoms with Gasteiger partial charge in [0.1, 0.15) is 0 Å². The van der Waals surface area contributed by atoms with E-state index in [1.165, 1.54) is 11.3 Å². The van der Waals surface area contributed by atoms with E-state index < -0.39 is 0 Å². The lowest BCUT2D eigenvalue weighted by Crippen LogP contribution is -2.20. The zero-order valence-electron chi connectivity index (χ0n) is 9.08. The summed E-state index contributed by atoms with van der Waals surface area (Å²) in [5, 5.41) is 4.40. The first-order valence-electron chi connectivity index (χ1n) is 5.55. The number of hydrogen-bond acceptors (Lipinski definition) is 2. The summed E-state index contributed by atoms with van der Waals surface area (Å²) in [7, 11) is 0. The molecule has 3 nitrogen and oxygen atoms in total. The lowest BCUT2D eigenvalue weighted by molar-refractivity contribution is 0.606. The van der Waals surface area contributed by atoms with Gasteiger partial charge in [-0.15, -0.1) is 0 Å². The average molecular weight is 193 g/mol. The van der Waals surface area contributed by atoms with Crippen LogP contribution in [0.3, 0.4) is 0 Å². The molecule has 2 N–H and O–H groups in total. The van der Waals surface area contributed by atoms with Crippen molar-refractivity contribution in [2.45, 2.75) is 51.6 Å². The van der Waals surface area contributed by atoms with Gasteiger partial charge in [0.15, 0.2) is 0 Å². The smallest absolute Gasteiger partial charge is 0.0543 e. The van der Waals surface area contributed by atoms with Gasteiger partial charge in [0, 0.05) is 23.3 Å². The van der Waals surface area contributed by atoms with Gasteiger partial charge >= 0.3 is 0 Å². The van der Waals surface area contributed by atoms with Crippen molar-refractivity contribution < 1.29 is 0 Å². The van der Waals surface area contributed by atoms with E-state index in [9.17, 15) is 0 Å². The van der Waals surface area contributed by atoms with E-state index in [-0.39, 0.29) is 5.54 Å². The lowest BCUT2D eigenvalue weighted by Gasteiger charge is -2.11. The zero-order chi connectivity index (χ0) is 10.2. The molecule has 78 valence electrons. The third kappa shape index (κ3) is 1.46. The van der Waals surface area contributed by atoms with Crippen LogP contribution in [0, 0.1) is 0 Å². The molecule has 1 aromatic heterocycles. The fraction of sp³-hybridized carbons (Fsp3) is 0.727. The van der Waals surface area contributed by atoms with Crippen molar-refractivity contribution in [1.82, 2.24) is 9.78 Å². The minimum atomic E-state index is -0.0298. The summed E-state index contributed by atoms with van der Waals surface area (Å²) in [5.74, 6) is 0. The summed E-state index contributed by atoms with van der Waals surface area (Å²) >= 11 is 0. The molecular weight excluding hydrogens is 174 g/mol. The number of nitrogens with two attached hydrogens (primary N) is 1. The Balaban J connectivity index is 2.34. The average Bonchev–Trinajstić information content (AvgIpc) is 2.79. The molecule has 14 heavy (non-hydrogen) atoms. The van der Waals surface area contributed by atoms with Gasteiger partial charge in [-0.3, -0.25) is 4.68 Å². The molecule has 0 atom stereocenters. The molecule has 0 aromatic carbocycles. The Morgan fingerprint density at radius 2 is 2.21 bits per heavy atom. The standard InChI is InChI=1S/C11H19N3/c1-3-5-10-9(11(12)6-7-11)8-13-14(10)4-2/h8H,3-7,12H2,1-2H3. The van der Waals surface area contributed by atoms with Crippen molar-refractivity contribution in [2.75, 3.05) is 0 Å². The highest BCUT2D eigenvalue weighted by Gasteiger charge is 2.42. The van der Waals surface area contributed by atoms with E-state index in [1.807, 2.05) is 6.20 Å². The van der Waals surface area contributed by atoms with Crippen molar-refractivity contribution in [3.63, 3.8) is 0 Å². The number of rotatable bonds is 4. The highest BCUT2D eigenvalue weighted by molar-refractivity contribution is 5.32. The van der Waals surface area contributed by atoms with Gasteiger partial charge in [-0.25, -0.2) is 0 Å². The van der Waals surface area contributed by atoms with Crippen LogP contribution in [0.1, 0.15) is 44.4 Å². The van der Waals surface area contributed by atoms with Crippen LogP contribution in [0.2, 0.25) is 0 Å². The van der Waals surface area contributed by atoms with E-state index in [0.717, 1.165) is 32.2 Å². The van der Waals surface area contributed by atoms with Crippen LogP contribution in [0.15, 0.2) is 6.20 Å². The fourth-order valence-electron chi connectivity index (χ4n) is 2.00. The minimum absolute atomic E-state index is 0.0298. The second-order valence-electron chi connectivity index (χ2n) is 4.23. The molecule has 1 fully saturated rings. The lowest BCUT2D eigenvalue weighted by atomic mass is 10.0. The molecule has 2 rings (SSSR count). The third-order valence-corrected chi connectivity index (χ3v) is 3.06. The van der Waals surface area contributed by atoms with Crippen LogP contribution < -0.4 is 5.73 Å². The summed E-state index contributed by atoms with van der Waals surface area (Å²) in [4.78, 5) is 0. The molecule has 1 heterocycles. The molecule has 0 amide bonds. The first-order valence-corrected chi connectivity index (χ1v) is 5.55. The molecule has 0 bridgehead atoms. The van der Waals surface area contributed by atoms with E-state index in [4.69, 9.17) is 5.73 Å². The highest BCUT2D eigenvalue weighted by atomic mass is 15.3. The summed E-state index contributed by atoms with van der Waals surface area (Å²) in [6, 6.07) is 0. The van der Waals surface area contributed by atoms with E-state index >= 15 is 0 Å². The predicted octanol–water partition coefficient (Wildman–Crippen LogP) is 1.80. The SMILES string of the molecule is CCCc1c(C2(N)CC2)cnn1CC. The minimum Gasteiger partial charge on any atom is -0.321 e. The van der Waals surface area contributed by atoms with Crippen LogP contribution in [0.25, 0.3) is 0 Å². The van der Waals surface area contributed by atoms with Gasteiger partial charge in [-0.05, 0) is 26.2 Å². The van der Waals surface area contributed by atoms with E-state index in [1.54, 1.807) is 0 Å². The van der Waals surface area contributed by atoms with Crippen molar-refractivity contribution in [3.8, 4) is 0 Å². The van der Waals surface area contributed by atoms with E-state index in [0.29, 0.717) is 0 Å². The van der Waals surface area contributed by atoms with Crippen LogP contribution in [0.5, 0.6) is 0 Å². The van der Waals surface area contributed by atoms with Crippen molar-refractivity contribution in [2.24, 2.45) is 5.73 Å². The third-order valence-electron chi connectivity index (χ3n) is 3.06. The topological polar surface area (TPSA) is 43.8 Å². The van der Waals surface area contributed by atoms with Gasteiger partial charge in [0.2, 0.25) is 0 Å². The van der Waals surface area contributed by atoms with Gasteiger partial charge in [-0.1, -0.05) is 13.3 Å². The van der Waals surface area contributed by atoms with Crippen molar-refractivity contribution in [3.05, 3.63) is 17.5 Å². The summed E-state index contributed by atoms with van der Waals surface area (Å²) < 4.78 is 2.09. The molecular formula is C11H19N3. The largest absolute Gasteiger partial charge is 0.321 e. The molecule has 1 aliphatic rings. The van der Waals surface area contributed by atoms with Crippen molar-refractivity contribution in [1.29, 1.82) is 0 Å². The first-order chi connectivity index (χ1) is 6.71. The Morgan fingerprint density at radius 1 is 1.50 bits per heavy atom. The maximum Gasteiger partial charge on any atom is 0.0543 e. The van der Waals surface area contributed by atoms with Crippen LogP contribution in [-0.2, 0) is 18.5 Å². The number of hydrogen-bond donors (Lipinski definition) is 1. The Hall–Kier alpha value is -0.830. The summed E-state index contributed by atoms with van der Waals surface area (Å²) in [5.41, 5.74) is 8.83. The fourth-order valence-corrected chi connectivity index (χ4v) is 2.00. The first kappa shape index (κ1) is 9.71. The Morgan fingerprint density at radius 3 is 2.71 bits per heavy atom. The molecule has 0 unspecified atom stereocenters. The molecule has 0 saturated heterocycles. The maximum atomic E-state index is 6.21. The molecule has 0 radical (unpaired) electrons. The number of aryl methyl sites for hydroxylation is 1.